The number of pyridine rings is 1. The fourth-order valence-electron chi connectivity index (χ4n) is 3.52. The molecular formula is C24H20F3N3O. The lowest BCUT2D eigenvalue weighted by Crippen LogP contribution is -2.14. The summed E-state index contributed by atoms with van der Waals surface area (Å²) in [6, 6.07) is 16.7. The van der Waals surface area contributed by atoms with Crippen LogP contribution in [0, 0.1) is 13.8 Å². The van der Waals surface area contributed by atoms with Crippen LogP contribution in [0.4, 0.5) is 13.2 Å². The summed E-state index contributed by atoms with van der Waals surface area (Å²) in [4.78, 5) is 13.0. The molecule has 4 rings (SSSR count). The Morgan fingerprint density at radius 3 is 2.26 bits per heavy atom. The van der Waals surface area contributed by atoms with Crippen LogP contribution in [0.3, 0.4) is 0 Å². The van der Waals surface area contributed by atoms with Crippen molar-refractivity contribution >= 4 is 10.9 Å². The number of aromatic nitrogens is 3. The number of hydrogen-bond donors (Lipinski definition) is 0. The van der Waals surface area contributed by atoms with E-state index in [0.717, 1.165) is 40.0 Å². The van der Waals surface area contributed by atoms with Crippen LogP contribution in [0.1, 0.15) is 34.2 Å². The quantitative estimate of drug-likeness (QED) is 0.394. The van der Waals surface area contributed by atoms with E-state index in [2.05, 4.69) is 15.0 Å². The topological polar surface area (TPSA) is 47.9 Å². The summed E-state index contributed by atoms with van der Waals surface area (Å²) in [5.74, 6) is 0. The molecule has 4 nitrogen and oxygen atoms in total. The molecule has 4 aromatic rings. The smallest absolute Gasteiger partial charge is 0.416 e. The number of fused-ring (bicyclic) bond motifs is 1. The van der Waals surface area contributed by atoms with E-state index < -0.39 is 17.8 Å². The highest BCUT2D eigenvalue weighted by Gasteiger charge is 2.30. The molecule has 2 heterocycles. The zero-order chi connectivity index (χ0) is 22.0. The molecule has 2 aromatic carbocycles. The first kappa shape index (κ1) is 20.8. The van der Waals surface area contributed by atoms with Crippen LogP contribution in [-0.2, 0) is 12.6 Å². The summed E-state index contributed by atoms with van der Waals surface area (Å²) in [7, 11) is 0. The lowest BCUT2D eigenvalue weighted by molar-refractivity contribution is -0.137. The summed E-state index contributed by atoms with van der Waals surface area (Å²) < 4.78 is 45.2. The Kier molecular flexibility index (Phi) is 5.59. The van der Waals surface area contributed by atoms with Crippen molar-refractivity contribution in [3.05, 3.63) is 94.9 Å². The van der Waals surface area contributed by atoms with Gasteiger partial charge in [0, 0.05) is 29.4 Å². The lowest BCUT2D eigenvalue weighted by Gasteiger charge is -2.20. The first-order chi connectivity index (χ1) is 14.8. The zero-order valence-corrected chi connectivity index (χ0v) is 17.0. The molecule has 0 saturated carbocycles. The first-order valence-corrected chi connectivity index (χ1v) is 9.78. The van der Waals surface area contributed by atoms with Gasteiger partial charge in [0.15, 0.2) is 0 Å². The molecule has 1 unspecified atom stereocenters. The van der Waals surface area contributed by atoms with E-state index in [-0.39, 0.29) is 6.01 Å². The molecule has 0 bridgehead atoms. The van der Waals surface area contributed by atoms with E-state index in [9.17, 15) is 13.2 Å². The largest absolute Gasteiger partial charge is 0.455 e. The molecule has 7 heteroatoms. The SMILES string of the molecule is Cc1cc(C)nc(OC(Cc2ccnc3ccccc23)c2ccc(C(F)(F)F)cc2)n1. The number of rotatable bonds is 5. The van der Waals surface area contributed by atoms with Crippen molar-refractivity contribution in [2.75, 3.05) is 0 Å². The van der Waals surface area contributed by atoms with Gasteiger partial charge in [-0.3, -0.25) is 4.98 Å². The molecule has 0 aliphatic carbocycles. The predicted octanol–water partition coefficient (Wildman–Crippen LogP) is 6.02. The van der Waals surface area contributed by atoms with Gasteiger partial charge >= 0.3 is 12.2 Å². The van der Waals surface area contributed by atoms with E-state index in [4.69, 9.17) is 4.74 Å². The van der Waals surface area contributed by atoms with Crippen LogP contribution in [-0.4, -0.2) is 15.0 Å². The van der Waals surface area contributed by atoms with Gasteiger partial charge < -0.3 is 4.74 Å². The number of nitrogens with zero attached hydrogens (tertiary/aromatic N) is 3. The fraction of sp³-hybridized carbons (Fsp3) is 0.208. The highest BCUT2D eigenvalue weighted by Crippen LogP contribution is 2.32. The fourth-order valence-corrected chi connectivity index (χ4v) is 3.52. The molecule has 158 valence electrons. The summed E-state index contributed by atoms with van der Waals surface area (Å²) in [6.45, 7) is 3.68. The zero-order valence-electron chi connectivity index (χ0n) is 17.0. The minimum absolute atomic E-state index is 0.195. The van der Waals surface area contributed by atoms with Gasteiger partial charge in [-0.15, -0.1) is 0 Å². The number of alkyl halides is 3. The van der Waals surface area contributed by atoms with Crippen LogP contribution < -0.4 is 4.74 Å². The maximum Gasteiger partial charge on any atom is 0.416 e. The standard InChI is InChI=1S/C24H20F3N3O/c1-15-13-16(2)30-23(29-15)31-22(17-7-9-19(10-8-17)24(25,26)27)14-18-11-12-28-21-6-4-3-5-20(18)21/h3-13,22H,14H2,1-2H3. The second kappa shape index (κ2) is 8.34. The van der Waals surface area contributed by atoms with Gasteiger partial charge in [-0.25, -0.2) is 9.97 Å². The van der Waals surface area contributed by atoms with Gasteiger partial charge in [-0.2, -0.15) is 13.2 Å². The molecule has 0 radical (unpaired) electrons. The minimum atomic E-state index is -4.40. The molecule has 2 aromatic heterocycles. The van der Waals surface area contributed by atoms with Gasteiger partial charge in [0.05, 0.1) is 11.1 Å². The maximum absolute atomic E-state index is 13.0. The average molecular weight is 423 g/mol. The van der Waals surface area contributed by atoms with Crippen LogP contribution >= 0.6 is 0 Å². The summed E-state index contributed by atoms with van der Waals surface area (Å²) in [5, 5.41) is 0.965. The van der Waals surface area contributed by atoms with Gasteiger partial charge in [0.1, 0.15) is 6.10 Å². The Hall–Kier alpha value is -3.48. The second-order valence-corrected chi connectivity index (χ2v) is 7.35. The number of para-hydroxylation sites is 1. The van der Waals surface area contributed by atoms with Crippen molar-refractivity contribution in [3.63, 3.8) is 0 Å². The van der Waals surface area contributed by atoms with Gasteiger partial charge in [-0.05, 0) is 55.3 Å². The van der Waals surface area contributed by atoms with Crippen LogP contribution in [0.5, 0.6) is 6.01 Å². The second-order valence-electron chi connectivity index (χ2n) is 7.35. The van der Waals surface area contributed by atoms with Crippen LogP contribution in [0.15, 0.2) is 66.9 Å². The number of ether oxygens (including phenoxy) is 1. The molecule has 0 spiro atoms. The molecule has 0 N–H and O–H groups in total. The Balaban J connectivity index is 1.73. The third kappa shape index (κ3) is 4.82. The van der Waals surface area contributed by atoms with E-state index in [1.165, 1.54) is 12.1 Å². The molecule has 0 aliphatic heterocycles. The highest BCUT2D eigenvalue weighted by molar-refractivity contribution is 5.81. The van der Waals surface area contributed by atoms with Crippen LogP contribution in [0.2, 0.25) is 0 Å². The Morgan fingerprint density at radius 1 is 0.903 bits per heavy atom. The Labute approximate surface area is 177 Å². The van der Waals surface area contributed by atoms with Gasteiger partial charge in [0.2, 0.25) is 0 Å². The number of hydrogen-bond acceptors (Lipinski definition) is 4. The van der Waals surface area contributed by atoms with Crippen molar-refractivity contribution in [1.82, 2.24) is 15.0 Å². The molecule has 0 saturated heterocycles. The maximum atomic E-state index is 13.0. The highest BCUT2D eigenvalue weighted by atomic mass is 19.4. The van der Waals surface area contributed by atoms with Crippen LogP contribution in [0.25, 0.3) is 10.9 Å². The Bertz CT molecular complexity index is 1180. The average Bonchev–Trinajstić information content (AvgIpc) is 2.72. The van der Waals surface area contributed by atoms with E-state index >= 15 is 0 Å². The predicted molar refractivity (Wildman–Crippen MR) is 112 cm³/mol. The molecule has 1 atom stereocenters. The monoisotopic (exact) mass is 423 g/mol. The number of halogens is 3. The van der Waals surface area contributed by atoms with Gasteiger partial charge in [-0.1, -0.05) is 30.3 Å². The summed E-state index contributed by atoms with van der Waals surface area (Å²) in [6.07, 6.45) is -2.83. The third-order valence-electron chi connectivity index (χ3n) is 4.96. The molecule has 0 aliphatic rings. The van der Waals surface area contributed by atoms with Crippen molar-refractivity contribution in [2.45, 2.75) is 32.5 Å². The van der Waals surface area contributed by atoms with Crippen molar-refractivity contribution in [2.24, 2.45) is 0 Å². The molecule has 31 heavy (non-hydrogen) atoms. The number of aryl methyl sites for hydroxylation is 2. The lowest BCUT2D eigenvalue weighted by atomic mass is 9.98. The molecule has 0 fully saturated rings. The van der Waals surface area contributed by atoms with Gasteiger partial charge in [0.25, 0.3) is 0 Å². The van der Waals surface area contributed by atoms with E-state index in [0.29, 0.717) is 12.0 Å². The minimum Gasteiger partial charge on any atom is -0.455 e. The summed E-state index contributed by atoms with van der Waals surface area (Å²) >= 11 is 0. The van der Waals surface area contributed by atoms with Crippen molar-refractivity contribution < 1.29 is 17.9 Å². The van der Waals surface area contributed by atoms with E-state index in [1.54, 1.807) is 6.20 Å². The van der Waals surface area contributed by atoms with E-state index in [1.807, 2.05) is 50.2 Å². The first-order valence-electron chi connectivity index (χ1n) is 9.78. The molecular weight excluding hydrogens is 403 g/mol. The normalized spacial score (nSPS) is 12.7. The Morgan fingerprint density at radius 2 is 1.58 bits per heavy atom. The molecule has 0 amide bonds. The third-order valence-corrected chi connectivity index (χ3v) is 4.96. The van der Waals surface area contributed by atoms with Crippen molar-refractivity contribution in [3.8, 4) is 6.01 Å². The number of benzene rings is 2. The van der Waals surface area contributed by atoms with Crippen molar-refractivity contribution in [1.29, 1.82) is 0 Å². The summed E-state index contributed by atoms with van der Waals surface area (Å²) in [5.41, 5.74) is 3.23.